The Morgan fingerprint density at radius 2 is 1.92 bits per heavy atom. The van der Waals surface area contributed by atoms with Crippen molar-refractivity contribution in [1.29, 1.82) is 0 Å². The van der Waals surface area contributed by atoms with Gasteiger partial charge in [0.15, 0.2) is 5.13 Å². The van der Waals surface area contributed by atoms with Crippen molar-refractivity contribution in [2.45, 2.75) is 4.90 Å². The van der Waals surface area contributed by atoms with Crippen LogP contribution in [0, 0.1) is 0 Å². The Morgan fingerprint density at radius 3 is 2.65 bits per heavy atom. The number of benzene rings is 1. The van der Waals surface area contributed by atoms with Gasteiger partial charge in [0.1, 0.15) is 10.3 Å². The number of piperazine rings is 1. The quantitative estimate of drug-likeness (QED) is 0.566. The molecule has 4 rings (SSSR count). The van der Waals surface area contributed by atoms with Crippen molar-refractivity contribution in [1.82, 2.24) is 14.9 Å². The maximum atomic E-state index is 12.5. The van der Waals surface area contributed by atoms with Crippen LogP contribution in [0.1, 0.15) is 0 Å². The van der Waals surface area contributed by atoms with Crippen molar-refractivity contribution >= 4 is 60.4 Å². The number of aromatic nitrogens is 2. The number of pyridine rings is 1. The van der Waals surface area contributed by atoms with Gasteiger partial charge in [0.05, 0.1) is 5.75 Å². The molecule has 0 aliphatic carbocycles. The largest absolute Gasteiger partial charge is 0.344 e. The molecule has 3 aromatic rings. The maximum absolute atomic E-state index is 12.5. The van der Waals surface area contributed by atoms with Crippen molar-refractivity contribution in [3.8, 4) is 0 Å². The van der Waals surface area contributed by atoms with Gasteiger partial charge in [0.25, 0.3) is 0 Å². The average Bonchev–Trinajstić information content (AvgIpc) is 3.12. The highest BCUT2D eigenvalue weighted by atomic mass is 79.9. The number of carbonyl (C=O) groups excluding carboxylic acids is 1. The first-order valence-electron chi connectivity index (χ1n) is 8.32. The molecule has 0 saturated carbocycles. The summed E-state index contributed by atoms with van der Waals surface area (Å²) in [6.07, 6.45) is 1.80. The van der Waals surface area contributed by atoms with E-state index in [4.69, 9.17) is 0 Å². The topological polar surface area (TPSA) is 49.3 Å². The smallest absolute Gasteiger partial charge is 0.233 e. The van der Waals surface area contributed by atoms with E-state index in [0.29, 0.717) is 5.75 Å². The van der Waals surface area contributed by atoms with Crippen LogP contribution >= 0.6 is 39.0 Å². The second-order valence-corrected chi connectivity index (χ2v) is 8.85. The lowest BCUT2D eigenvalue weighted by atomic mass is 10.3. The van der Waals surface area contributed by atoms with Crippen molar-refractivity contribution in [2.24, 2.45) is 0 Å². The predicted molar refractivity (Wildman–Crippen MR) is 111 cm³/mol. The predicted octanol–water partition coefficient (Wildman–Crippen LogP) is 3.89. The van der Waals surface area contributed by atoms with E-state index in [1.54, 1.807) is 29.3 Å². The number of rotatable bonds is 4. The minimum atomic E-state index is 0.198. The van der Waals surface area contributed by atoms with Crippen LogP contribution < -0.4 is 4.90 Å². The molecule has 0 N–H and O–H groups in total. The number of hydrogen-bond donors (Lipinski definition) is 0. The highest BCUT2D eigenvalue weighted by molar-refractivity contribution is 9.10. The lowest BCUT2D eigenvalue weighted by Gasteiger charge is -2.34. The molecule has 0 radical (unpaired) electrons. The van der Waals surface area contributed by atoms with Crippen LogP contribution in [0.15, 0.2) is 52.0 Å². The summed E-state index contributed by atoms with van der Waals surface area (Å²) in [5, 5.41) is 0.995. The van der Waals surface area contributed by atoms with Gasteiger partial charge in [-0.25, -0.2) is 9.97 Å². The summed E-state index contributed by atoms with van der Waals surface area (Å²) in [7, 11) is 0. The standard InChI is InChI=1S/C18H17BrN4OS2/c19-13-3-5-14(6-4-13)25-12-16(24)22-8-10-23(11-9-22)18-21-15-2-1-7-20-17(15)26-18/h1-7H,8-12H2. The third-order valence-corrected chi connectivity index (χ3v) is 6.80. The lowest BCUT2D eigenvalue weighted by Crippen LogP contribution is -2.49. The highest BCUT2D eigenvalue weighted by Gasteiger charge is 2.23. The third kappa shape index (κ3) is 4.02. The van der Waals surface area contributed by atoms with E-state index in [1.165, 1.54) is 0 Å². The number of thioether (sulfide) groups is 1. The first-order chi connectivity index (χ1) is 12.7. The Bertz CT molecular complexity index is 874. The molecule has 26 heavy (non-hydrogen) atoms. The molecule has 5 nitrogen and oxygen atoms in total. The van der Waals surface area contributed by atoms with Crippen LogP contribution in [0.5, 0.6) is 0 Å². The molecular weight excluding hydrogens is 432 g/mol. The van der Waals surface area contributed by atoms with Crippen LogP contribution in [0.3, 0.4) is 0 Å². The molecule has 0 atom stereocenters. The van der Waals surface area contributed by atoms with Gasteiger partial charge in [-0.2, -0.15) is 0 Å². The molecule has 1 aliphatic heterocycles. The molecule has 1 fully saturated rings. The highest BCUT2D eigenvalue weighted by Crippen LogP contribution is 2.28. The number of anilines is 1. The molecule has 0 bridgehead atoms. The van der Waals surface area contributed by atoms with E-state index in [-0.39, 0.29) is 5.91 Å². The third-order valence-electron chi connectivity index (χ3n) is 4.23. The summed E-state index contributed by atoms with van der Waals surface area (Å²) >= 11 is 6.63. The zero-order valence-electron chi connectivity index (χ0n) is 14.0. The first kappa shape index (κ1) is 17.8. The van der Waals surface area contributed by atoms with Gasteiger partial charge in [-0.1, -0.05) is 27.3 Å². The molecule has 3 heterocycles. The monoisotopic (exact) mass is 448 g/mol. The fourth-order valence-corrected chi connectivity index (χ4v) is 4.83. The normalized spacial score (nSPS) is 14.8. The SMILES string of the molecule is O=C(CSc1ccc(Br)cc1)N1CCN(c2nc3cccnc3s2)CC1. The fourth-order valence-electron chi connectivity index (χ4n) is 2.81. The number of amides is 1. The van der Waals surface area contributed by atoms with Crippen molar-refractivity contribution < 1.29 is 4.79 Å². The van der Waals surface area contributed by atoms with Gasteiger partial charge in [-0.15, -0.1) is 11.8 Å². The number of hydrogen-bond acceptors (Lipinski definition) is 6. The molecule has 1 aliphatic rings. The number of fused-ring (bicyclic) bond motifs is 1. The minimum absolute atomic E-state index is 0.198. The summed E-state index contributed by atoms with van der Waals surface area (Å²) in [5.41, 5.74) is 0.942. The Balaban J connectivity index is 1.31. The Labute approximate surface area is 168 Å². The van der Waals surface area contributed by atoms with Crippen LogP contribution in [0.4, 0.5) is 5.13 Å². The van der Waals surface area contributed by atoms with Gasteiger partial charge >= 0.3 is 0 Å². The summed E-state index contributed by atoms with van der Waals surface area (Å²) in [5.74, 6) is 0.677. The van der Waals surface area contributed by atoms with Crippen molar-refractivity contribution in [3.63, 3.8) is 0 Å². The van der Waals surface area contributed by atoms with Crippen LogP contribution in [0.25, 0.3) is 10.3 Å². The second kappa shape index (κ2) is 7.94. The van der Waals surface area contributed by atoms with Crippen LogP contribution in [-0.2, 0) is 4.79 Å². The molecular formula is C18H17BrN4OS2. The van der Waals surface area contributed by atoms with Gasteiger partial charge in [0.2, 0.25) is 5.91 Å². The van der Waals surface area contributed by atoms with Gasteiger partial charge in [-0.05, 0) is 36.4 Å². The zero-order valence-corrected chi connectivity index (χ0v) is 17.2. The summed E-state index contributed by atoms with van der Waals surface area (Å²) in [6.45, 7) is 3.11. The average molecular weight is 449 g/mol. The van der Waals surface area contributed by atoms with E-state index in [1.807, 2.05) is 41.3 Å². The summed E-state index contributed by atoms with van der Waals surface area (Å²) < 4.78 is 1.05. The van der Waals surface area contributed by atoms with E-state index in [9.17, 15) is 4.79 Å². The number of thiazole rings is 1. The zero-order chi connectivity index (χ0) is 17.9. The van der Waals surface area contributed by atoms with E-state index in [2.05, 4.69) is 30.8 Å². The fraction of sp³-hybridized carbons (Fsp3) is 0.278. The van der Waals surface area contributed by atoms with E-state index < -0.39 is 0 Å². The molecule has 8 heteroatoms. The van der Waals surface area contributed by atoms with Gasteiger partial charge < -0.3 is 9.80 Å². The number of nitrogens with zero attached hydrogens (tertiary/aromatic N) is 4. The molecule has 2 aromatic heterocycles. The Hall–Kier alpha value is -1.64. The van der Waals surface area contributed by atoms with Gasteiger partial charge in [-0.3, -0.25) is 4.79 Å². The maximum Gasteiger partial charge on any atom is 0.233 e. The Kier molecular flexibility index (Phi) is 5.42. The minimum Gasteiger partial charge on any atom is -0.344 e. The number of carbonyl (C=O) groups is 1. The van der Waals surface area contributed by atoms with Crippen LogP contribution in [-0.4, -0.2) is 52.7 Å². The molecule has 1 saturated heterocycles. The Morgan fingerprint density at radius 1 is 1.15 bits per heavy atom. The van der Waals surface area contributed by atoms with Gasteiger partial charge in [0, 0.05) is 41.7 Å². The van der Waals surface area contributed by atoms with Crippen molar-refractivity contribution in [2.75, 3.05) is 36.8 Å². The second-order valence-electron chi connectivity index (χ2n) is 5.93. The molecule has 134 valence electrons. The van der Waals surface area contributed by atoms with Crippen LogP contribution in [0.2, 0.25) is 0 Å². The summed E-state index contributed by atoms with van der Waals surface area (Å²) in [4.78, 5) is 27.8. The molecule has 1 aromatic carbocycles. The lowest BCUT2D eigenvalue weighted by molar-refractivity contribution is -0.128. The molecule has 0 spiro atoms. The van der Waals surface area contributed by atoms with E-state index in [0.717, 1.165) is 51.0 Å². The molecule has 0 unspecified atom stereocenters. The number of halogens is 1. The molecule has 1 amide bonds. The first-order valence-corrected chi connectivity index (χ1v) is 10.9. The van der Waals surface area contributed by atoms with Crippen molar-refractivity contribution in [3.05, 3.63) is 47.1 Å². The van der Waals surface area contributed by atoms with E-state index >= 15 is 0 Å². The summed E-state index contributed by atoms with van der Waals surface area (Å²) in [6, 6.07) is 12.0.